The molecule has 2 nitrogen and oxygen atoms in total. The maximum atomic E-state index is 3.15. The Kier molecular flexibility index (Phi) is 4.33. The summed E-state index contributed by atoms with van der Waals surface area (Å²) in [5.41, 5.74) is 7.90. The Balaban J connectivity index is 2.20. The molecule has 20 heavy (non-hydrogen) atoms. The zero-order chi connectivity index (χ0) is 14.7. The van der Waals surface area contributed by atoms with Gasteiger partial charge in [-0.3, -0.25) is 0 Å². The molecule has 0 aliphatic rings. The van der Waals surface area contributed by atoms with Crippen LogP contribution in [-0.2, 0) is 6.54 Å². The van der Waals surface area contributed by atoms with E-state index in [1.165, 1.54) is 27.9 Å². The molecule has 2 heteroatoms. The highest BCUT2D eigenvalue weighted by atomic mass is 15.1. The van der Waals surface area contributed by atoms with E-state index < -0.39 is 0 Å². The molecule has 0 unspecified atom stereocenters. The summed E-state index contributed by atoms with van der Waals surface area (Å²) in [6.45, 7) is 7.50. The van der Waals surface area contributed by atoms with Crippen LogP contribution in [0.4, 0.5) is 11.4 Å². The molecule has 0 saturated heterocycles. The summed E-state index contributed by atoms with van der Waals surface area (Å²) in [7, 11) is 4.09. The van der Waals surface area contributed by atoms with E-state index in [-0.39, 0.29) is 0 Å². The molecule has 0 spiro atoms. The van der Waals surface area contributed by atoms with Crippen molar-refractivity contribution in [2.45, 2.75) is 27.3 Å². The van der Waals surface area contributed by atoms with Crippen LogP contribution in [-0.4, -0.2) is 14.1 Å². The van der Waals surface area contributed by atoms with Crippen LogP contribution in [0.15, 0.2) is 36.4 Å². The fourth-order valence-corrected chi connectivity index (χ4v) is 2.67. The summed E-state index contributed by atoms with van der Waals surface area (Å²) >= 11 is 0. The molecule has 106 valence electrons. The highest BCUT2D eigenvalue weighted by Gasteiger charge is 2.08. The van der Waals surface area contributed by atoms with Crippen molar-refractivity contribution in [1.29, 1.82) is 0 Å². The van der Waals surface area contributed by atoms with Gasteiger partial charge in [0.2, 0.25) is 0 Å². The Morgan fingerprint density at radius 3 is 2.00 bits per heavy atom. The van der Waals surface area contributed by atoms with Crippen molar-refractivity contribution < 1.29 is 0 Å². The molecule has 0 amide bonds. The van der Waals surface area contributed by atoms with Gasteiger partial charge in [0.05, 0.1) is 0 Å². The molecule has 2 rings (SSSR count). The molecule has 0 atom stereocenters. The molecule has 0 heterocycles. The van der Waals surface area contributed by atoms with E-state index in [2.05, 4.69) is 74.4 Å². The zero-order valence-electron chi connectivity index (χ0n) is 13.1. The third-order valence-corrected chi connectivity index (χ3v) is 3.83. The molecule has 2 aromatic rings. The molecule has 0 aromatic heterocycles. The van der Waals surface area contributed by atoms with Crippen LogP contribution in [0.2, 0.25) is 0 Å². The Hall–Kier alpha value is -1.96. The van der Waals surface area contributed by atoms with Gasteiger partial charge in [-0.05, 0) is 61.7 Å². The van der Waals surface area contributed by atoms with Gasteiger partial charge >= 0.3 is 0 Å². The summed E-state index contributed by atoms with van der Waals surface area (Å²) < 4.78 is 0. The van der Waals surface area contributed by atoms with Crippen molar-refractivity contribution in [2.75, 3.05) is 24.3 Å². The number of hydrogen-bond acceptors (Lipinski definition) is 2. The molecule has 1 N–H and O–H groups in total. The molecule has 0 aliphatic carbocycles. The smallest absolute Gasteiger partial charge is 0.0431 e. The monoisotopic (exact) mass is 268 g/mol. The van der Waals surface area contributed by atoms with Gasteiger partial charge in [0.25, 0.3) is 0 Å². The molecule has 0 bridgehead atoms. The van der Waals surface area contributed by atoms with Gasteiger partial charge < -0.3 is 10.2 Å². The number of nitrogens with one attached hydrogen (secondary N) is 1. The zero-order valence-corrected chi connectivity index (χ0v) is 13.1. The fraction of sp³-hybridized carbons (Fsp3) is 0.333. The van der Waals surface area contributed by atoms with Gasteiger partial charge in [0.15, 0.2) is 0 Å². The molecule has 0 aliphatic heterocycles. The third kappa shape index (κ3) is 3.13. The SMILES string of the molecule is CNc1ccc(N(C)Cc2c(C)cc(C)cc2C)cc1. The van der Waals surface area contributed by atoms with Gasteiger partial charge in [-0.2, -0.15) is 0 Å². The van der Waals surface area contributed by atoms with E-state index in [1.807, 2.05) is 7.05 Å². The topological polar surface area (TPSA) is 15.3 Å². The second-order valence-corrected chi connectivity index (χ2v) is 5.53. The average Bonchev–Trinajstić information content (AvgIpc) is 2.42. The molecule has 0 saturated carbocycles. The van der Waals surface area contributed by atoms with Crippen LogP contribution in [0.25, 0.3) is 0 Å². The normalized spacial score (nSPS) is 10.4. The van der Waals surface area contributed by atoms with E-state index in [0.29, 0.717) is 0 Å². The Labute approximate surface area is 122 Å². The number of hydrogen-bond donors (Lipinski definition) is 1. The van der Waals surface area contributed by atoms with Gasteiger partial charge in [0, 0.05) is 32.0 Å². The number of aryl methyl sites for hydroxylation is 3. The standard InChI is InChI=1S/C18H24N2/c1-13-10-14(2)18(15(3)11-13)12-20(5)17-8-6-16(19-4)7-9-17/h6-11,19H,12H2,1-5H3. The average molecular weight is 268 g/mol. The van der Waals surface area contributed by atoms with E-state index >= 15 is 0 Å². The second-order valence-electron chi connectivity index (χ2n) is 5.53. The Morgan fingerprint density at radius 2 is 1.50 bits per heavy atom. The van der Waals surface area contributed by atoms with E-state index in [9.17, 15) is 0 Å². The predicted molar refractivity (Wildman–Crippen MR) is 88.7 cm³/mol. The minimum atomic E-state index is 0.941. The van der Waals surface area contributed by atoms with Crippen LogP contribution in [0, 0.1) is 20.8 Å². The lowest BCUT2D eigenvalue weighted by Crippen LogP contribution is -2.18. The first-order valence-corrected chi connectivity index (χ1v) is 7.07. The second kappa shape index (κ2) is 6.00. The van der Waals surface area contributed by atoms with Crippen molar-refractivity contribution in [3.8, 4) is 0 Å². The first kappa shape index (κ1) is 14.4. The largest absolute Gasteiger partial charge is 0.388 e. The molecular formula is C18H24N2. The minimum Gasteiger partial charge on any atom is -0.388 e. The summed E-state index contributed by atoms with van der Waals surface area (Å²) in [6, 6.07) is 13.1. The quantitative estimate of drug-likeness (QED) is 0.890. The summed E-state index contributed by atoms with van der Waals surface area (Å²) in [4.78, 5) is 2.30. The maximum absolute atomic E-state index is 3.15. The van der Waals surface area contributed by atoms with Crippen LogP contribution in [0.5, 0.6) is 0 Å². The van der Waals surface area contributed by atoms with Crippen molar-refractivity contribution in [3.63, 3.8) is 0 Å². The van der Waals surface area contributed by atoms with Crippen LogP contribution >= 0.6 is 0 Å². The Bertz CT molecular complexity index is 562. The van der Waals surface area contributed by atoms with E-state index in [1.54, 1.807) is 0 Å². The van der Waals surface area contributed by atoms with Crippen molar-refractivity contribution in [2.24, 2.45) is 0 Å². The highest BCUT2D eigenvalue weighted by Crippen LogP contribution is 2.22. The fourth-order valence-electron chi connectivity index (χ4n) is 2.67. The third-order valence-electron chi connectivity index (χ3n) is 3.83. The van der Waals surface area contributed by atoms with Crippen LogP contribution in [0.3, 0.4) is 0 Å². The van der Waals surface area contributed by atoms with Crippen molar-refractivity contribution in [3.05, 3.63) is 58.7 Å². The summed E-state index contributed by atoms with van der Waals surface area (Å²) in [6.07, 6.45) is 0. The lowest BCUT2D eigenvalue weighted by molar-refractivity contribution is 0.904. The van der Waals surface area contributed by atoms with Crippen LogP contribution < -0.4 is 10.2 Å². The van der Waals surface area contributed by atoms with E-state index in [0.717, 1.165) is 12.2 Å². The highest BCUT2D eigenvalue weighted by molar-refractivity contribution is 5.55. The van der Waals surface area contributed by atoms with Crippen molar-refractivity contribution in [1.82, 2.24) is 0 Å². The Morgan fingerprint density at radius 1 is 0.950 bits per heavy atom. The lowest BCUT2D eigenvalue weighted by Gasteiger charge is -2.22. The van der Waals surface area contributed by atoms with E-state index in [4.69, 9.17) is 0 Å². The number of benzene rings is 2. The van der Waals surface area contributed by atoms with Crippen LogP contribution in [0.1, 0.15) is 22.3 Å². The van der Waals surface area contributed by atoms with Gasteiger partial charge in [-0.25, -0.2) is 0 Å². The first-order valence-electron chi connectivity index (χ1n) is 7.07. The predicted octanol–water partition coefficient (Wildman–Crippen LogP) is 4.29. The summed E-state index contributed by atoms with van der Waals surface area (Å²) in [5.74, 6) is 0. The van der Waals surface area contributed by atoms with Gasteiger partial charge in [-0.1, -0.05) is 17.7 Å². The van der Waals surface area contributed by atoms with Gasteiger partial charge in [0.1, 0.15) is 0 Å². The van der Waals surface area contributed by atoms with Crippen molar-refractivity contribution >= 4 is 11.4 Å². The molecule has 0 fully saturated rings. The summed E-state index contributed by atoms with van der Waals surface area (Å²) in [5, 5.41) is 3.15. The molecule has 2 aromatic carbocycles. The number of anilines is 2. The maximum Gasteiger partial charge on any atom is 0.0431 e. The first-order chi connectivity index (χ1) is 9.51. The number of rotatable bonds is 4. The molecular weight excluding hydrogens is 244 g/mol. The molecule has 0 radical (unpaired) electrons. The number of nitrogens with zero attached hydrogens (tertiary/aromatic N) is 1. The lowest BCUT2D eigenvalue weighted by atomic mass is 9.99. The minimum absolute atomic E-state index is 0.941. The van der Waals surface area contributed by atoms with Gasteiger partial charge in [-0.15, -0.1) is 0 Å².